The average molecular weight is 389 g/mol. The predicted molar refractivity (Wildman–Crippen MR) is 106 cm³/mol. The number of benzene rings is 2. The summed E-state index contributed by atoms with van der Waals surface area (Å²) >= 11 is 1.57. The van der Waals surface area contributed by atoms with Gasteiger partial charge in [-0.2, -0.15) is 0 Å². The van der Waals surface area contributed by atoms with Gasteiger partial charge in [0, 0.05) is 11.1 Å². The fourth-order valence-electron chi connectivity index (χ4n) is 2.47. The quantitative estimate of drug-likeness (QED) is 0.656. The fourth-order valence-corrected chi connectivity index (χ4v) is 4.21. The zero-order valence-electron chi connectivity index (χ0n) is 14.6. The van der Waals surface area contributed by atoms with E-state index in [2.05, 4.69) is 10.3 Å². The minimum Gasteiger partial charge on any atom is -0.496 e. The summed E-state index contributed by atoms with van der Waals surface area (Å²) in [5, 5.41) is 6.18. The van der Waals surface area contributed by atoms with Crippen LogP contribution >= 0.6 is 11.3 Å². The third kappa shape index (κ3) is 4.05. The monoisotopic (exact) mass is 388 g/mol. The molecule has 1 N–H and O–H groups in total. The summed E-state index contributed by atoms with van der Waals surface area (Å²) in [6, 6.07) is 14.6. The Morgan fingerprint density at radius 1 is 1.12 bits per heavy atom. The molecule has 1 aromatic heterocycles. The second-order valence-electron chi connectivity index (χ2n) is 5.63. The summed E-state index contributed by atoms with van der Waals surface area (Å²) in [6.07, 6.45) is 0. The Morgan fingerprint density at radius 2 is 1.85 bits per heavy atom. The van der Waals surface area contributed by atoms with Gasteiger partial charge in [0.05, 0.1) is 35.6 Å². The standard InChI is InChI=1S/C19H20N2O3S2/c1-3-26(22,23)16-10-8-14(9-11-16)20-12-15-13-25-19(21-15)17-6-4-5-7-18(17)24-2/h4-11,13,20H,3,12H2,1-2H3. The highest BCUT2D eigenvalue weighted by Gasteiger charge is 2.11. The number of rotatable bonds is 7. The lowest BCUT2D eigenvalue weighted by atomic mass is 10.2. The number of nitrogens with zero attached hydrogens (tertiary/aromatic N) is 1. The van der Waals surface area contributed by atoms with Gasteiger partial charge in [-0.05, 0) is 36.4 Å². The molecule has 7 heteroatoms. The molecule has 0 aliphatic heterocycles. The Kier molecular flexibility index (Phi) is 5.58. The van der Waals surface area contributed by atoms with Crippen molar-refractivity contribution in [3.05, 3.63) is 59.6 Å². The van der Waals surface area contributed by atoms with Crippen molar-refractivity contribution in [2.45, 2.75) is 18.4 Å². The third-order valence-corrected chi connectivity index (χ3v) is 6.63. The van der Waals surface area contributed by atoms with Crippen molar-refractivity contribution < 1.29 is 13.2 Å². The van der Waals surface area contributed by atoms with Gasteiger partial charge in [-0.3, -0.25) is 0 Å². The number of nitrogens with one attached hydrogen (secondary N) is 1. The van der Waals surface area contributed by atoms with Crippen molar-refractivity contribution in [2.75, 3.05) is 18.2 Å². The van der Waals surface area contributed by atoms with Crippen LogP contribution in [0.25, 0.3) is 10.6 Å². The minimum atomic E-state index is -3.17. The summed E-state index contributed by atoms with van der Waals surface area (Å²) in [6.45, 7) is 2.20. The molecule has 0 fully saturated rings. The maximum atomic E-state index is 11.8. The summed E-state index contributed by atoms with van der Waals surface area (Å²) in [5.74, 6) is 0.902. The number of aromatic nitrogens is 1. The van der Waals surface area contributed by atoms with Gasteiger partial charge in [0.15, 0.2) is 9.84 Å². The molecule has 0 aliphatic rings. The maximum absolute atomic E-state index is 11.8. The fraction of sp³-hybridized carbons (Fsp3) is 0.211. The summed E-state index contributed by atoms with van der Waals surface area (Å²) in [5.41, 5.74) is 2.74. The van der Waals surface area contributed by atoms with E-state index in [0.29, 0.717) is 11.4 Å². The zero-order valence-corrected chi connectivity index (χ0v) is 16.2. The average Bonchev–Trinajstić information content (AvgIpc) is 3.15. The van der Waals surface area contributed by atoms with E-state index in [-0.39, 0.29) is 5.75 Å². The molecule has 0 amide bonds. The minimum absolute atomic E-state index is 0.102. The first-order chi connectivity index (χ1) is 12.5. The number of methoxy groups -OCH3 is 1. The molecular formula is C19H20N2O3S2. The Hall–Kier alpha value is -2.38. The first kappa shape index (κ1) is 18.4. The molecule has 5 nitrogen and oxygen atoms in total. The Balaban J connectivity index is 1.69. The molecule has 1 heterocycles. The van der Waals surface area contributed by atoms with Gasteiger partial charge >= 0.3 is 0 Å². The van der Waals surface area contributed by atoms with E-state index in [1.807, 2.05) is 29.6 Å². The Bertz CT molecular complexity index is 980. The normalized spacial score (nSPS) is 11.3. The van der Waals surface area contributed by atoms with Gasteiger partial charge in [-0.1, -0.05) is 19.1 Å². The molecule has 26 heavy (non-hydrogen) atoms. The topological polar surface area (TPSA) is 68.3 Å². The lowest BCUT2D eigenvalue weighted by Gasteiger charge is -2.06. The van der Waals surface area contributed by atoms with E-state index in [1.165, 1.54) is 0 Å². The van der Waals surface area contributed by atoms with Crippen LogP contribution in [0, 0.1) is 0 Å². The third-order valence-electron chi connectivity index (χ3n) is 3.96. The summed E-state index contributed by atoms with van der Waals surface area (Å²) < 4.78 is 29.1. The molecule has 3 rings (SSSR count). The first-order valence-electron chi connectivity index (χ1n) is 8.18. The number of hydrogen-bond acceptors (Lipinski definition) is 6. The predicted octanol–water partition coefficient (Wildman–Crippen LogP) is 4.22. The molecule has 136 valence electrons. The first-order valence-corrected chi connectivity index (χ1v) is 10.7. The highest BCUT2D eigenvalue weighted by Crippen LogP contribution is 2.32. The highest BCUT2D eigenvalue weighted by molar-refractivity contribution is 7.91. The Morgan fingerprint density at radius 3 is 2.54 bits per heavy atom. The molecule has 0 saturated heterocycles. The van der Waals surface area contributed by atoms with Crippen molar-refractivity contribution in [1.82, 2.24) is 4.98 Å². The highest BCUT2D eigenvalue weighted by atomic mass is 32.2. The van der Waals surface area contributed by atoms with Gasteiger partial charge < -0.3 is 10.1 Å². The number of para-hydroxylation sites is 1. The van der Waals surface area contributed by atoms with Gasteiger partial charge in [-0.25, -0.2) is 13.4 Å². The molecule has 2 aromatic carbocycles. The van der Waals surface area contributed by atoms with Crippen LogP contribution in [0.2, 0.25) is 0 Å². The van der Waals surface area contributed by atoms with Crippen molar-refractivity contribution in [3.8, 4) is 16.3 Å². The van der Waals surface area contributed by atoms with Crippen LogP contribution in [0.5, 0.6) is 5.75 Å². The maximum Gasteiger partial charge on any atom is 0.178 e. The molecule has 0 radical (unpaired) electrons. The van der Waals surface area contributed by atoms with E-state index in [1.54, 1.807) is 49.6 Å². The molecule has 0 unspecified atom stereocenters. The van der Waals surface area contributed by atoms with Crippen molar-refractivity contribution in [3.63, 3.8) is 0 Å². The van der Waals surface area contributed by atoms with Gasteiger partial charge in [0.2, 0.25) is 0 Å². The van der Waals surface area contributed by atoms with E-state index >= 15 is 0 Å². The van der Waals surface area contributed by atoms with Crippen LogP contribution in [-0.2, 0) is 16.4 Å². The van der Waals surface area contributed by atoms with Gasteiger partial charge in [0.1, 0.15) is 10.8 Å². The van der Waals surface area contributed by atoms with Crippen LogP contribution in [0.15, 0.2) is 58.8 Å². The largest absolute Gasteiger partial charge is 0.496 e. The van der Waals surface area contributed by atoms with Gasteiger partial charge in [0.25, 0.3) is 0 Å². The molecule has 0 saturated carbocycles. The van der Waals surface area contributed by atoms with E-state index in [0.717, 1.165) is 27.7 Å². The smallest absolute Gasteiger partial charge is 0.178 e. The van der Waals surface area contributed by atoms with Crippen LogP contribution in [0.3, 0.4) is 0 Å². The SMILES string of the molecule is CCS(=O)(=O)c1ccc(NCc2csc(-c3ccccc3OC)n2)cc1. The summed E-state index contributed by atoms with van der Waals surface area (Å²) in [4.78, 5) is 5.00. The number of hydrogen-bond donors (Lipinski definition) is 1. The lowest BCUT2D eigenvalue weighted by Crippen LogP contribution is -2.04. The van der Waals surface area contributed by atoms with Crippen molar-refractivity contribution >= 4 is 26.9 Å². The van der Waals surface area contributed by atoms with Gasteiger partial charge in [-0.15, -0.1) is 11.3 Å². The number of sulfone groups is 1. The van der Waals surface area contributed by atoms with Crippen LogP contribution in [-0.4, -0.2) is 26.3 Å². The number of ether oxygens (including phenoxy) is 1. The molecule has 3 aromatic rings. The Labute approximate surface area is 157 Å². The van der Waals surface area contributed by atoms with E-state index < -0.39 is 9.84 Å². The number of thiazole rings is 1. The molecule has 0 bridgehead atoms. The van der Waals surface area contributed by atoms with E-state index in [4.69, 9.17) is 4.74 Å². The van der Waals surface area contributed by atoms with Crippen LogP contribution in [0.4, 0.5) is 5.69 Å². The molecule has 0 aliphatic carbocycles. The number of anilines is 1. The second-order valence-corrected chi connectivity index (χ2v) is 8.76. The second kappa shape index (κ2) is 7.88. The summed E-state index contributed by atoms with van der Waals surface area (Å²) in [7, 11) is -1.52. The van der Waals surface area contributed by atoms with Crippen LogP contribution < -0.4 is 10.1 Å². The van der Waals surface area contributed by atoms with Crippen LogP contribution in [0.1, 0.15) is 12.6 Å². The molecule has 0 atom stereocenters. The lowest BCUT2D eigenvalue weighted by molar-refractivity contribution is 0.416. The van der Waals surface area contributed by atoms with Crippen molar-refractivity contribution in [1.29, 1.82) is 0 Å². The molecular weight excluding hydrogens is 368 g/mol. The zero-order chi connectivity index (χ0) is 18.6. The molecule has 0 spiro atoms. The van der Waals surface area contributed by atoms with Crippen molar-refractivity contribution in [2.24, 2.45) is 0 Å². The van der Waals surface area contributed by atoms with E-state index in [9.17, 15) is 8.42 Å².